The van der Waals surface area contributed by atoms with Crippen molar-refractivity contribution in [3.05, 3.63) is 25.3 Å². The quantitative estimate of drug-likeness (QED) is 0.745. The molecular formula is C18H22N8O. The van der Waals surface area contributed by atoms with E-state index in [0.29, 0.717) is 47.5 Å². The number of nitrogens with two attached hydrogens (primary N) is 1. The zero-order valence-corrected chi connectivity index (χ0v) is 15.5. The van der Waals surface area contributed by atoms with Crippen molar-refractivity contribution in [2.45, 2.75) is 13.8 Å². The first-order valence-electron chi connectivity index (χ1n) is 8.89. The summed E-state index contributed by atoms with van der Waals surface area (Å²) in [7, 11) is 0. The summed E-state index contributed by atoms with van der Waals surface area (Å²) < 4.78 is 7.37. The first kappa shape index (κ1) is 17.3. The van der Waals surface area contributed by atoms with Gasteiger partial charge in [-0.3, -0.25) is 4.57 Å². The Morgan fingerprint density at radius 3 is 2.59 bits per heavy atom. The topological polar surface area (TPSA) is 108 Å². The lowest BCUT2D eigenvalue weighted by Gasteiger charge is -2.27. The zero-order valence-electron chi connectivity index (χ0n) is 15.5. The smallest absolute Gasteiger partial charge is 0.228 e. The van der Waals surface area contributed by atoms with Crippen LogP contribution in [0.5, 0.6) is 0 Å². The minimum atomic E-state index is 0.254. The number of morpholine rings is 1. The molecule has 1 fully saturated rings. The summed E-state index contributed by atoms with van der Waals surface area (Å²) in [6.45, 7) is 11.1. The molecule has 2 N–H and O–H groups in total. The van der Waals surface area contributed by atoms with Gasteiger partial charge in [0.15, 0.2) is 5.65 Å². The maximum atomic E-state index is 5.68. The lowest BCUT2D eigenvalue weighted by molar-refractivity contribution is 0.122. The molecule has 0 bridgehead atoms. The van der Waals surface area contributed by atoms with Gasteiger partial charge in [0.05, 0.1) is 25.6 Å². The van der Waals surface area contributed by atoms with E-state index in [0.717, 1.165) is 18.8 Å². The second-order valence-corrected chi connectivity index (χ2v) is 6.73. The third-order valence-corrected chi connectivity index (χ3v) is 4.57. The average molecular weight is 366 g/mol. The second-order valence-electron chi connectivity index (χ2n) is 6.73. The molecule has 4 heterocycles. The molecule has 3 aromatic heterocycles. The maximum Gasteiger partial charge on any atom is 0.228 e. The molecule has 0 aliphatic carbocycles. The number of aromatic nitrogens is 6. The number of ether oxygens (including phenoxy) is 1. The van der Waals surface area contributed by atoms with Gasteiger partial charge in [-0.2, -0.15) is 4.98 Å². The summed E-state index contributed by atoms with van der Waals surface area (Å²) in [5.41, 5.74) is 9.20. The van der Waals surface area contributed by atoms with Crippen LogP contribution in [-0.2, 0) is 4.74 Å². The molecule has 0 atom stereocenters. The Morgan fingerprint density at radius 1 is 1.15 bits per heavy atom. The fourth-order valence-corrected chi connectivity index (χ4v) is 2.92. The van der Waals surface area contributed by atoms with Crippen LogP contribution in [0.2, 0.25) is 0 Å². The van der Waals surface area contributed by atoms with Crippen LogP contribution in [-0.4, -0.2) is 55.8 Å². The standard InChI is InChI=1S/C18H22N8O/c1-11(2)12(3)26-10-22-16-15(13-8-21-14(19)9-20-13)23-18(24-17(16)26)25-4-6-27-7-5-25/h8-11H,3-7H2,1-2H3,(H2,19,21). The van der Waals surface area contributed by atoms with Crippen molar-refractivity contribution >= 4 is 28.6 Å². The van der Waals surface area contributed by atoms with Crippen LogP contribution in [0, 0.1) is 5.92 Å². The van der Waals surface area contributed by atoms with Crippen molar-refractivity contribution in [2.75, 3.05) is 36.9 Å². The van der Waals surface area contributed by atoms with Crippen molar-refractivity contribution in [1.29, 1.82) is 0 Å². The van der Waals surface area contributed by atoms with Crippen LogP contribution in [0.15, 0.2) is 25.3 Å². The van der Waals surface area contributed by atoms with Crippen LogP contribution in [0.3, 0.4) is 0 Å². The highest BCUT2D eigenvalue weighted by atomic mass is 16.5. The predicted octanol–water partition coefficient (Wildman–Crippen LogP) is 1.83. The van der Waals surface area contributed by atoms with Crippen LogP contribution in [0.4, 0.5) is 11.8 Å². The average Bonchev–Trinajstić information content (AvgIpc) is 3.12. The van der Waals surface area contributed by atoms with Crippen molar-refractivity contribution in [2.24, 2.45) is 5.92 Å². The van der Waals surface area contributed by atoms with Gasteiger partial charge >= 0.3 is 0 Å². The van der Waals surface area contributed by atoms with E-state index in [1.807, 2.05) is 4.57 Å². The molecule has 0 amide bonds. The number of rotatable bonds is 4. The first-order valence-corrected chi connectivity index (χ1v) is 8.89. The maximum absolute atomic E-state index is 5.68. The number of nitrogens with zero attached hydrogens (tertiary/aromatic N) is 7. The van der Waals surface area contributed by atoms with Crippen molar-refractivity contribution < 1.29 is 4.74 Å². The van der Waals surface area contributed by atoms with E-state index in [9.17, 15) is 0 Å². The van der Waals surface area contributed by atoms with Crippen molar-refractivity contribution in [3.8, 4) is 11.4 Å². The summed E-state index contributed by atoms with van der Waals surface area (Å²) in [6, 6.07) is 0. The summed E-state index contributed by atoms with van der Waals surface area (Å²) in [6.07, 6.45) is 4.86. The second kappa shape index (κ2) is 6.92. The molecule has 9 heteroatoms. The summed E-state index contributed by atoms with van der Waals surface area (Å²) in [5, 5.41) is 0. The Hall–Kier alpha value is -3.07. The number of hydrogen-bond acceptors (Lipinski definition) is 8. The molecule has 1 saturated heterocycles. The molecule has 0 unspecified atom stereocenters. The third-order valence-electron chi connectivity index (χ3n) is 4.57. The Balaban J connectivity index is 1.91. The highest BCUT2D eigenvalue weighted by Crippen LogP contribution is 2.28. The largest absolute Gasteiger partial charge is 0.382 e. The number of nitrogen functional groups attached to an aromatic ring is 1. The van der Waals surface area contributed by atoms with Gasteiger partial charge in [0.1, 0.15) is 29.0 Å². The Morgan fingerprint density at radius 2 is 1.93 bits per heavy atom. The monoisotopic (exact) mass is 366 g/mol. The molecule has 140 valence electrons. The van der Waals surface area contributed by atoms with Gasteiger partial charge in [-0.05, 0) is 5.92 Å². The van der Waals surface area contributed by atoms with Gasteiger partial charge in [0, 0.05) is 18.8 Å². The van der Waals surface area contributed by atoms with E-state index in [1.54, 1.807) is 12.5 Å². The van der Waals surface area contributed by atoms with Crippen LogP contribution < -0.4 is 10.6 Å². The zero-order chi connectivity index (χ0) is 19.0. The summed E-state index contributed by atoms with van der Waals surface area (Å²) in [5.74, 6) is 1.23. The molecule has 0 aromatic carbocycles. The molecule has 27 heavy (non-hydrogen) atoms. The Bertz CT molecular complexity index is 973. The van der Waals surface area contributed by atoms with Gasteiger partial charge < -0.3 is 15.4 Å². The minimum Gasteiger partial charge on any atom is -0.382 e. The van der Waals surface area contributed by atoms with Crippen LogP contribution in [0.1, 0.15) is 13.8 Å². The van der Waals surface area contributed by atoms with E-state index in [2.05, 4.69) is 40.3 Å². The predicted molar refractivity (Wildman–Crippen MR) is 104 cm³/mol. The van der Waals surface area contributed by atoms with Crippen LogP contribution >= 0.6 is 0 Å². The van der Waals surface area contributed by atoms with E-state index in [4.69, 9.17) is 20.4 Å². The first-order chi connectivity index (χ1) is 13.0. The molecular weight excluding hydrogens is 344 g/mol. The van der Waals surface area contributed by atoms with Gasteiger partial charge in [-0.1, -0.05) is 20.4 Å². The Kier molecular flexibility index (Phi) is 4.44. The van der Waals surface area contributed by atoms with E-state index in [-0.39, 0.29) is 5.92 Å². The van der Waals surface area contributed by atoms with Crippen molar-refractivity contribution in [3.63, 3.8) is 0 Å². The molecule has 1 aliphatic rings. The molecule has 3 aromatic rings. The normalized spacial score (nSPS) is 14.9. The van der Waals surface area contributed by atoms with Crippen LogP contribution in [0.25, 0.3) is 28.2 Å². The molecule has 0 radical (unpaired) electrons. The molecule has 0 saturated carbocycles. The van der Waals surface area contributed by atoms with Gasteiger partial charge in [0.2, 0.25) is 5.95 Å². The van der Waals surface area contributed by atoms with Gasteiger partial charge in [-0.15, -0.1) is 0 Å². The number of allylic oxidation sites excluding steroid dienone is 1. The highest BCUT2D eigenvalue weighted by molar-refractivity contribution is 5.88. The summed E-state index contributed by atoms with van der Waals surface area (Å²) >= 11 is 0. The summed E-state index contributed by atoms with van der Waals surface area (Å²) in [4.78, 5) is 24.7. The third kappa shape index (κ3) is 3.21. The van der Waals surface area contributed by atoms with E-state index >= 15 is 0 Å². The van der Waals surface area contributed by atoms with E-state index < -0.39 is 0 Å². The number of fused-ring (bicyclic) bond motifs is 1. The lowest BCUT2D eigenvalue weighted by Crippen LogP contribution is -2.37. The number of anilines is 2. The van der Waals surface area contributed by atoms with Gasteiger partial charge in [0.25, 0.3) is 0 Å². The number of hydrogen-bond donors (Lipinski definition) is 1. The molecule has 9 nitrogen and oxygen atoms in total. The number of imidazole rings is 1. The SMILES string of the molecule is C=C(C(C)C)n1cnc2c(-c3cnc(N)cn3)nc(N3CCOCC3)nc21. The molecule has 0 spiro atoms. The fraction of sp³-hybridized carbons (Fsp3) is 0.389. The van der Waals surface area contributed by atoms with E-state index in [1.165, 1.54) is 6.20 Å². The Labute approximate surface area is 156 Å². The highest BCUT2D eigenvalue weighted by Gasteiger charge is 2.21. The lowest BCUT2D eigenvalue weighted by atomic mass is 10.1. The molecule has 1 aliphatic heterocycles. The minimum absolute atomic E-state index is 0.254. The van der Waals surface area contributed by atoms with Gasteiger partial charge in [-0.25, -0.2) is 19.9 Å². The molecule has 4 rings (SSSR count). The fourth-order valence-electron chi connectivity index (χ4n) is 2.92. The van der Waals surface area contributed by atoms with Crippen molar-refractivity contribution in [1.82, 2.24) is 29.5 Å².